The minimum Gasteiger partial charge on any atom is -0.462 e. The van der Waals surface area contributed by atoms with Crippen molar-refractivity contribution in [2.75, 3.05) is 6.61 Å². The van der Waals surface area contributed by atoms with E-state index in [1.54, 1.807) is 12.1 Å². The van der Waals surface area contributed by atoms with E-state index in [4.69, 9.17) is 9.47 Å². The van der Waals surface area contributed by atoms with Crippen LogP contribution in [0.2, 0.25) is 0 Å². The molecule has 3 rings (SSSR count). The Morgan fingerprint density at radius 1 is 1.07 bits per heavy atom. The van der Waals surface area contributed by atoms with Gasteiger partial charge < -0.3 is 9.47 Å². The number of rotatable bonds is 5. The molecule has 0 spiro atoms. The molecule has 4 nitrogen and oxygen atoms in total. The molecule has 0 aliphatic heterocycles. The van der Waals surface area contributed by atoms with Gasteiger partial charge in [0.2, 0.25) is 0 Å². The van der Waals surface area contributed by atoms with Gasteiger partial charge in [-0.2, -0.15) is 0 Å². The highest BCUT2D eigenvalue weighted by Crippen LogP contribution is 2.63. The van der Waals surface area contributed by atoms with Crippen LogP contribution >= 0.6 is 15.9 Å². The molecule has 2 aliphatic carbocycles. The summed E-state index contributed by atoms with van der Waals surface area (Å²) in [6.45, 7) is 11.1. The van der Waals surface area contributed by atoms with Crippen molar-refractivity contribution in [2.24, 2.45) is 22.7 Å². The molecular formula is C25H35BrO4. The molecule has 0 amide bonds. The Kier molecular flexibility index (Phi) is 6.71. The average molecular weight is 479 g/mol. The van der Waals surface area contributed by atoms with Crippen molar-refractivity contribution in [3.05, 3.63) is 34.3 Å². The van der Waals surface area contributed by atoms with Gasteiger partial charge in [-0.1, -0.05) is 43.1 Å². The quantitative estimate of drug-likeness (QED) is 0.449. The van der Waals surface area contributed by atoms with Gasteiger partial charge in [0.1, 0.15) is 5.60 Å². The highest BCUT2D eigenvalue weighted by atomic mass is 79.9. The number of carbonyl (C=O) groups is 2. The summed E-state index contributed by atoms with van der Waals surface area (Å²) in [7, 11) is 0. The number of fused-ring (bicyclic) bond motifs is 1. The maximum atomic E-state index is 12.5. The maximum Gasteiger partial charge on any atom is 0.338 e. The van der Waals surface area contributed by atoms with Crippen molar-refractivity contribution in [3.63, 3.8) is 0 Å². The molecule has 4 atom stereocenters. The smallest absolute Gasteiger partial charge is 0.338 e. The zero-order chi connectivity index (χ0) is 22.2. The summed E-state index contributed by atoms with van der Waals surface area (Å²) in [6.07, 6.45) is 6.19. The van der Waals surface area contributed by atoms with Crippen LogP contribution in [0.1, 0.15) is 83.5 Å². The van der Waals surface area contributed by atoms with Crippen LogP contribution in [0, 0.1) is 22.7 Å². The molecule has 2 aliphatic rings. The Bertz CT molecular complexity index is 787. The molecule has 5 heteroatoms. The number of hydrogen-bond acceptors (Lipinski definition) is 4. The first kappa shape index (κ1) is 23.3. The predicted molar refractivity (Wildman–Crippen MR) is 121 cm³/mol. The van der Waals surface area contributed by atoms with Gasteiger partial charge >= 0.3 is 11.9 Å². The minimum atomic E-state index is -0.519. The van der Waals surface area contributed by atoms with E-state index in [0.29, 0.717) is 24.5 Å². The number of hydrogen-bond donors (Lipinski definition) is 0. The van der Waals surface area contributed by atoms with Gasteiger partial charge in [-0.15, -0.1) is 0 Å². The first-order valence-corrected chi connectivity index (χ1v) is 11.9. The third-order valence-electron chi connectivity index (χ3n) is 7.84. The van der Waals surface area contributed by atoms with Crippen molar-refractivity contribution in [2.45, 2.75) is 78.7 Å². The lowest BCUT2D eigenvalue weighted by atomic mass is 9.45. The highest BCUT2D eigenvalue weighted by molar-refractivity contribution is 9.10. The topological polar surface area (TPSA) is 52.6 Å². The summed E-state index contributed by atoms with van der Waals surface area (Å²) < 4.78 is 12.5. The van der Waals surface area contributed by atoms with Gasteiger partial charge in [0.25, 0.3) is 0 Å². The minimum absolute atomic E-state index is 0.0637. The largest absolute Gasteiger partial charge is 0.462 e. The third kappa shape index (κ3) is 4.61. The molecule has 1 aromatic carbocycles. The molecule has 0 radical (unpaired) electrons. The van der Waals surface area contributed by atoms with Gasteiger partial charge in [-0.05, 0) is 80.0 Å². The second-order valence-electron chi connectivity index (χ2n) is 10.3. The SMILES string of the molecule is CC(=O)O[C@]1(C)CC[C@H]2C(C)(C)CCC[C@]2(C)[C@H]1CCOC(=O)c1ccc(Br)cc1. The van der Waals surface area contributed by atoms with Crippen LogP contribution in [0.4, 0.5) is 0 Å². The Balaban J connectivity index is 1.78. The molecule has 0 saturated heterocycles. The van der Waals surface area contributed by atoms with E-state index < -0.39 is 5.60 Å². The Morgan fingerprint density at radius 3 is 2.37 bits per heavy atom. The molecule has 2 saturated carbocycles. The molecule has 1 aromatic rings. The van der Waals surface area contributed by atoms with E-state index in [9.17, 15) is 9.59 Å². The predicted octanol–water partition coefficient (Wildman–Crippen LogP) is 6.56. The lowest BCUT2D eigenvalue weighted by Gasteiger charge is -2.61. The lowest BCUT2D eigenvalue weighted by molar-refractivity contribution is -0.200. The van der Waals surface area contributed by atoms with Gasteiger partial charge in [-0.3, -0.25) is 4.79 Å². The Morgan fingerprint density at radius 2 is 1.73 bits per heavy atom. The Labute approximate surface area is 189 Å². The monoisotopic (exact) mass is 478 g/mol. The summed E-state index contributed by atoms with van der Waals surface area (Å²) in [5.74, 6) is 0.198. The van der Waals surface area contributed by atoms with Crippen LogP contribution in [-0.2, 0) is 14.3 Å². The van der Waals surface area contributed by atoms with Crippen LogP contribution in [0.5, 0.6) is 0 Å². The number of esters is 2. The van der Waals surface area contributed by atoms with Crippen molar-refractivity contribution < 1.29 is 19.1 Å². The number of ether oxygens (including phenoxy) is 2. The van der Waals surface area contributed by atoms with Crippen molar-refractivity contribution >= 4 is 27.9 Å². The van der Waals surface area contributed by atoms with Gasteiger partial charge in [0.15, 0.2) is 0 Å². The fourth-order valence-electron chi connectivity index (χ4n) is 6.63. The van der Waals surface area contributed by atoms with Crippen molar-refractivity contribution in [1.29, 1.82) is 0 Å². The molecule has 0 bridgehead atoms. The first-order chi connectivity index (χ1) is 14.0. The van der Waals surface area contributed by atoms with Crippen LogP contribution in [0.15, 0.2) is 28.7 Å². The van der Waals surface area contributed by atoms with Crippen molar-refractivity contribution in [1.82, 2.24) is 0 Å². The van der Waals surface area contributed by atoms with Gasteiger partial charge in [0.05, 0.1) is 12.2 Å². The van der Waals surface area contributed by atoms with E-state index in [1.165, 1.54) is 19.8 Å². The van der Waals surface area contributed by atoms with Crippen molar-refractivity contribution in [3.8, 4) is 0 Å². The van der Waals surface area contributed by atoms with Crippen LogP contribution < -0.4 is 0 Å². The second-order valence-corrected chi connectivity index (χ2v) is 11.2. The zero-order valence-electron chi connectivity index (χ0n) is 18.9. The third-order valence-corrected chi connectivity index (χ3v) is 8.36. The molecule has 0 N–H and O–H groups in total. The Hall–Kier alpha value is -1.36. The maximum absolute atomic E-state index is 12.5. The fourth-order valence-corrected chi connectivity index (χ4v) is 6.89. The van der Waals surface area contributed by atoms with Crippen LogP contribution in [-0.4, -0.2) is 24.1 Å². The standard InChI is InChI=1S/C25H35BrO4/c1-17(27)30-25(5)15-11-20-23(2,3)13-6-14-24(20,4)21(25)12-16-29-22(28)18-7-9-19(26)10-8-18/h7-10,20-21H,6,11-16H2,1-5H3/t20-,21+,24-,25+/m0/s1. The van der Waals surface area contributed by atoms with E-state index in [2.05, 4.69) is 43.6 Å². The van der Waals surface area contributed by atoms with Gasteiger partial charge in [-0.25, -0.2) is 4.79 Å². The number of benzene rings is 1. The zero-order valence-corrected chi connectivity index (χ0v) is 20.5. The summed E-state index contributed by atoms with van der Waals surface area (Å²) in [5.41, 5.74) is 0.368. The molecule has 0 unspecified atom stereocenters. The summed E-state index contributed by atoms with van der Waals surface area (Å²) in [4.78, 5) is 24.4. The molecule has 0 aromatic heterocycles. The summed E-state index contributed by atoms with van der Waals surface area (Å²) >= 11 is 3.39. The summed E-state index contributed by atoms with van der Waals surface area (Å²) in [6, 6.07) is 7.20. The van der Waals surface area contributed by atoms with E-state index in [-0.39, 0.29) is 28.7 Å². The normalized spacial score (nSPS) is 32.7. The molecule has 0 heterocycles. The van der Waals surface area contributed by atoms with Crippen LogP contribution in [0.25, 0.3) is 0 Å². The average Bonchev–Trinajstić information content (AvgIpc) is 2.63. The molecule has 166 valence electrons. The molecular weight excluding hydrogens is 444 g/mol. The van der Waals surface area contributed by atoms with Gasteiger partial charge in [0, 0.05) is 17.3 Å². The van der Waals surface area contributed by atoms with E-state index >= 15 is 0 Å². The molecule has 2 fully saturated rings. The van der Waals surface area contributed by atoms with E-state index in [1.807, 2.05) is 12.1 Å². The van der Waals surface area contributed by atoms with E-state index in [0.717, 1.165) is 23.7 Å². The second kappa shape index (κ2) is 8.64. The highest BCUT2D eigenvalue weighted by Gasteiger charge is 2.59. The number of carbonyl (C=O) groups excluding carboxylic acids is 2. The van der Waals surface area contributed by atoms with Crippen LogP contribution in [0.3, 0.4) is 0 Å². The summed E-state index contributed by atoms with van der Waals surface area (Å²) in [5, 5.41) is 0. The number of halogens is 1. The fraction of sp³-hybridized carbons (Fsp3) is 0.680. The molecule has 30 heavy (non-hydrogen) atoms. The first-order valence-electron chi connectivity index (χ1n) is 11.1. The lowest BCUT2D eigenvalue weighted by Crippen LogP contribution is -2.59.